The van der Waals surface area contributed by atoms with E-state index in [1.165, 1.54) is 0 Å². The molecule has 2 aliphatic rings. The Bertz CT molecular complexity index is 700. The van der Waals surface area contributed by atoms with Crippen LogP contribution in [0.5, 0.6) is 0 Å². The fourth-order valence-electron chi connectivity index (χ4n) is 3.59. The lowest BCUT2D eigenvalue weighted by atomic mass is 9.93. The van der Waals surface area contributed by atoms with E-state index in [-0.39, 0.29) is 18.2 Å². The van der Waals surface area contributed by atoms with Crippen molar-refractivity contribution in [2.45, 2.75) is 50.3 Å². The van der Waals surface area contributed by atoms with Crippen LogP contribution in [0.25, 0.3) is 0 Å². The van der Waals surface area contributed by atoms with E-state index >= 15 is 0 Å². The number of hydrogen-bond acceptors (Lipinski definition) is 6. The predicted octanol–water partition coefficient (Wildman–Crippen LogP) is 1.74. The van der Waals surface area contributed by atoms with Crippen molar-refractivity contribution in [2.75, 3.05) is 6.54 Å². The first-order chi connectivity index (χ1) is 13.3. The zero-order valence-electron chi connectivity index (χ0n) is 15.2. The van der Waals surface area contributed by atoms with Crippen molar-refractivity contribution in [3.05, 3.63) is 71.8 Å². The Morgan fingerprint density at radius 2 is 1.56 bits per heavy atom. The predicted molar refractivity (Wildman–Crippen MR) is 100 cm³/mol. The van der Waals surface area contributed by atoms with Gasteiger partial charge in [0.2, 0.25) is 0 Å². The standard InChI is InChI=1S/C21H26N2O4/c24-17-12-22-23-20-18(25-13-15-7-3-1-4-8-15)11-19(27-21(17)20)26-14-16-9-5-2-6-10-16/h1-10,17-24H,11-14H2/t17-,18+,19+,20-,21+/m1/s1. The highest BCUT2D eigenvalue weighted by Crippen LogP contribution is 2.28. The van der Waals surface area contributed by atoms with E-state index in [1.54, 1.807) is 0 Å². The SMILES string of the molecule is O[C@@H]1CNN[C@H]2[C@H]1O[C@H](OCc1ccccc1)C[C@@H]2OCc1ccccc1. The second kappa shape index (κ2) is 8.93. The molecule has 0 radical (unpaired) electrons. The van der Waals surface area contributed by atoms with Crippen LogP contribution in [0.15, 0.2) is 60.7 Å². The summed E-state index contributed by atoms with van der Waals surface area (Å²) in [5.41, 5.74) is 8.46. The molecule has 0 spiro atoms. The van der Waals surface area contributed by atoms with Crippen LogP contribution in [0.1, 0.15) is 17.5 Å². The maximum Gasteiger partial charge on any atom is 0.161 e. The second-order valence-electron chi connectivity index (χ2n) is 7.02. The molecule has 6 heteroatoms. The molecule has 2 aliphatic heterocycles. The zero-order chi connectivity index (χ0) is 18.5. The van der Waals surface area contributed by atoms with Crippen molar-refractivity contribution in [1.29, 1.82) is 0 Å². The number of aliphatic hydroxyl groups is 1. The summed E-state index contributed by atoms with van der Waals surface area (Å²) in [6.45, 7) is 1.41. The number of benzene rings is 2. The minimum atomic E-state index is -0.609. The summed E-state index contributed by atoms with van der Waals surface area (Å²) in [4.78, 5) is 0. The van der Waals surface area contributed by atoms with Crippen molar-refractivity contribution >= 4 is 0 Å². The summed E-state index contributed by atoms with van der Waals surface area (Å²) >= 11 is 0. The fraction of sp³-hybridized carbons (Fsp3) is 0.429. The van der Waals surface area contributed by atoms with Gasteiger partial charge in [0.25, 0.3) is 0 Å². The Balaban J connectivity index is 1.41. The lowest BCUT2D eigenvalue weighted by Gasteiger charge is -2.46. The van der Waals surface area contributed by atoms with Crippen molar-refractivity contribution < 1.29 is 19.3 Å². The number of fused-ring (bicyclic) bond motifs is 1. The normalized spacial score (nSPS) is 30.6. The molecule has 2 heterocycles. The van der Waals surface area contributed by atoms with Crippen molar-refractivity contribution in [3.8, 4) is 0 Å². The van der Waals surface area contributed by atoms with Crippen molar-refractivity contribution in [2.24, 2.45) is 0 Å². The maximum atomic E-state index is 10.4. The van der Waals surface area contributed by atoms with E-state index in [9.17, 15) is 5.11 Å². The van der Waals surface area contributed by atoms with Crippen LogP contribution in [-0.4, -0.2) is 42.3 Å². The van der Waals surface area contributed by atoms with Crippen LogP contribution in [-0.2, 0) is 27.4 Å². The van der Waals surface area contributed by atoms with E-state index in [4.69, 9.17) is 14.2 Å². The van der Waals surface area contributed by atoms with E-state index in [0.29, 0.717) is 26.2 Å². The van der Waals surface area contributed by atoms with E-state index in [2.05, 4.69) is 10.9 Å². The van der Waals surface area contributed by atoms with Crippen LogP contribution >= 0.6 is 0 Å². The molecule has 0 aliphatic carbocycles. The van der Waals surface area contributed by atoms with Gasteiger partial charge in [-0.3, -0.25) is 5.43 Å². The molecule has 0 saturated carbocycles. The summed E-state index contributed by atoms with van der Waals surface area (Å²) in [6.07, 6.45) is -0.930. The number of hydrogen-bond donors (Lipinski definition) is 3. The third-order valence-corrected chi connectivity index (χ3v) is 5.03. The molecule has 4 rings (SSSR count). The van der Waals surface area contributed by atoms with Gasteiger partial charge in [-0.15, -0.1) is 0 Å². The van der Waals surface area contributed by atoms with Gasteiger partial charge in [0.05, 0.1) is 31.5 Å². The van der Waals surface area contributed by atoms with Gasteiger partial charge in [-0.2, -0.15) is 0 Å². The smallest absolute Gasteiger partial charge is 0.161 e. The monoisotopic (exact) mass is 370 g/mol. The van der Waals surface area contributed by atoms with Crippen LogP contribution in [0.4, 0.5) is 0 Å². The Kier molecular flexibility index (Phi) is 6.14. The number of aliphatic hydroxyl groups excluding tert-OH is 1. The molecular weight excluding hydrogens is 344 g/mol. The minimum absolute atomic E-state index is 0.131. The molecule has 144 valence electrons. The average molecular weight is 370 g/mol. The highest BCUT2D eigenvalue weighted by molar-refractivity contribution is 5.14. The maximum absolute atomic E-state index is 10.4. The molecule has 0 unspecified atom stereocenters. The molecule has 2 saturated heterocycles. The summed E-state index contributed by atoms with van der Waals surface area (Å²) in [5, 5.41) is 10.4. The van der Waals surface area contributed by atoms with E-state index in [1.807, 2.05) is 60.7 Å². The van der Waals surface area contributed by atoms with E-state index < -0.39 is 12.4 Å². The number of β-amino-alcohol motifs (C(OH)–C–C–N with tert-alkyl or cyclic N) is 1. The van der Waals surface area contributed by atoms with Gasteiger partial charge < -0.3 is 19.3 Å². The molecule has 0 aromatic heterocycles. The third kappa shape index (κ3) is 4.73. The molecule has 2 fully saturated rings. The van der Waals surface area contributed by atoms with Gasteiger partial charge in [0.15, 0.2) is 6.29 Å². The highest BCUT2D eigenvalue weighted by Gasteiger charge is 2.45. The lowest BCUT2D eigenvalue weighted by Crippen LogP contribution is -2.69. The van der Waals surface area contributed by atoms with Crippen LogP contribution in [0.2, 0.25) is 0 Å². The highest BCUT2D eigenvalue weighted by atomic mass is 16.7. The van der Waals surface area contributed by atoms with Crippen LogP contribution < -0.4 is 10.9 Å². The van der Waals surface area contributed by atoms with Crippen LogP contribution in [0.3, 0.4) is 0 Å². The number of nitrogens with one attached hydrogen (secondary N) is 2. The molecule has 6 nitrogen and oxygen atoms in total. The molecule has 0 amide bonds. The molecule has 5 atom stereocenters. The third-order valence-electron chi connectivity index (χ3n) is 5.03. The van der Waals surface area contributed by atoms with Crippen LogP contribution in [0, 0.1) is 0 Å². The fourth-order valence-corrected chi connectivity index (χ4v) is 3.59. The van der Waals surface area contributed by atoms with Gasteiger partial charge in [0, 0.05) is 13.0 Å². The Morgan fingerprint density at radius 3 is 2.22 bits per heavy atom. The first-order valence-corrected chi connectivity index (χ1v) is 9.42. The molecular formula is C21H26N2O4. The minimum Gasteiger partial charge on any atom is -0.389 e. The van der Waals surface area contributed by atoms with Crippen molar-refractivity contribution in [3.63, 3.8) is 0 Å². The largest absolute Gasteiger partial charge is 0.389 e. The van der Waals surface area contributed by atoms with Gasteiger partial charge >= 0.3 is 0 Å². The molecule has 3 N–H and O–H groups in total. The quantitative estimate of drug-likeness (QED) is 0.720. The zero-order valence-corrected chi connectivity index (χ0v) is 15.2. The number of rotatable bonds is 6. The first-order valence-electron chi connectivity index (χ1n) is 9.42. The van der Waals surface area contributed by atoms with E-state index in [0.717, 1.165) is 11.1 Å². The lowest BCUT2D eigenvalue weighted by molar-refractivity contribution is -0.262. The Labute approximate surface area is 159 Å². The Hall–Kier alpha value is -1.80. The molecule has 2 aromatic carbocycles. The first kappa shape index (κ1) is 18.6. The second-order valence-corrected chi connectivity index (χ2v) is 7.02. The molecule has 0 bridgehead atoms. The van der Waals surface area contributed by atoms with Gasteiger partial charge in [-0.25, -0.2) is 5.43 Å². The Morgan fingerprint density at radius 1 is 0.926 bits per heavy atom. The van der Waals surface area contributed by atoms with Gasteiger partial charge in [-0.1, -0.05) is 60.7 Å². The topological polar surface area (TPSA) is 72.0 Å². The van der Waals surface area contributed by atoms with Gasteiger partial charge in [-0.05, 0) is 11.1 Å². The summed E-state index contributed by atoms with van der Waals surface area (Å²) in [6, 6.07) is 20.0. The summed E-state index contributed by atoms with van der Waals surface area (Å²) in [7, 11) is 0. The summed E-state index contributed by atoms with van der Waals surface area (Å²) < 4.78 is 18.2. The summed E-state index contributed by atoms with van der Waals surface area (Å²) in [5.74, 6) is 0. The average Bonchev–Trinajstić information content (AvgIpc) is 2.73. The number of ether oxygens (including phenoxy) is 3. The van der Waals surface area contributed by atoms with Crippen molar-refractivity contribution in [1.82, 2.24) is 10.9 Å². The molecule has 27 heavy (non-hydrogen) atoms. The molecule has 2 aromatic rings. The van der Waals surface area contributed by atoms with Gasteiger partial charge in [0.1, 0.15) is 6.10 Å². The number of hydrazine groups is 1.